The number of aliphatic hydroxyl groups excluding tert-OH is 1. The molecule has 1 saturated heterocycles. The molecule has 1 aliphatic heterocycles. The predicted molar refractivity (Wildman–Crippen MR) is 112 cm³/mol. The zero-order chi connectivity index (χ0) is 20.1. The van der Waals surface area contributed by atoms with Gasteiger partial charge in [0.2, 0.25) is 0 Å². The van der Waals surface area contributed by atoms with Crippen LogP contribution in [0.1, 0.15) is 54.4 Å². The lowest BCUT2D eigenvalue weighted by atomic mass is 9.89. The number of rotatable bonds is 4. The number of ether oxygens (including phenoxy) is 1. The van der Waals surface area contributed by atoms with E-state index in [9.17, 15) is 5.11 Å². The molecule has 0 aromatic rings. The van der Waals surface area contributed by atoms with Gasteiger partial charge in [0.15, 0.2) is 22.9 Å². The molecule has 5 atom stereocenters. The van der Waals surface area contributed by atoms with Crippen LogP contribution in [0.25, 0.3) is 0 Å². The maximum absolute atomic E-state index is 10.1. The first-order chi connectivity index (χ1) is 11.6. The lowest BCUT2D eigenvalue weighted by Crippen LogP contribution is -2.47. The van der Waals surface area contributed by atoms with Crippen LogP contribution in [0.4, 0.5) is 0 Å². The molecule has 2 fully saturated rings. The largest absolute Gasteiger partial charge is 0.414 e. The fourth-order valence-electron chi connectivity index (χ4n) is 3.59. The molecule has 1 aliphatic carbocycles. The van der Waals surface area contributed by atoms with Crippen LogP contribution in [-0.4, -0.2) is 46.8 Å². The van der Waals surface area contributed by atoms with E-state index in [-0.39, 0.29) is 22.3 Å². The summed E-state index contributed by atoms with van der Waals surface area (Å²) in [5, 5.41) is 10.5. The number of aliphatic hydroxyl groups is 1. The van der Waals surface area contributed by atoms with E-state index in [1.54, 1.807) is 0 Å². The summed E-state index contributed by atoms with van der Waals surface area (Å²) in [7, 11) is -3.71. The van der Waals surface area contributed by atoms with E-state index >= 15 is 0 Å². The highest BCUT2D eigenvalue weighted by Crippen LogP contribution is 2.48. The summed E-state index contributed by atoms with van der Waals surface area (Å²) in [6, 6.07) is 0. The molecule has 0 radical (unpaired) electrons. The summed E-state index contributed by atoms with van der Waals surface area (Å²) < 4.78 is 19.2. The van der Waals surface area contributed by atoms with Crippen LogP contribution in [-0.2, 0) is 13.6 Å². The molecule has 0 aromatic heterocycles. The van der Waals surface area contributed by atoms with Gasteiger partial charge in [-0.25, -0.2) is 0 Å². The van der Waals surface area contributed by atoms with Crippen molar-refractivity contribution in [1.29, 1.82) is 0 Å². The van der Waals surface area contributed by atoms with Gasteiger partial charge in [0.1, 0.15) is 0 Å². The van der Waals surface area contributed by atoms with Gasteiger partial charge in [0.05, 0.1) is 18.8 Å². The molecule has 2 aliphatic rings. The molecule has 0 bridgehead atoms. The van der Waals surface area contributed by atoms with Crippen molar-refractivity contribution in [3.8, 4) is 0 Å². The quantitative estimate of drug-likeness (QED) is 0.661. The van der Waals surface area contributed by atoms with Crippen molar-refractivity contribution in [2.75, 3.05) is 6.61 Å². The lowest BCUT2D eigenvalue weighted by Gasteiger charge is -2.42. The minimum Gasteiger partial charge on any atom is -0.414 e. The second-order valence-corrected chi connectivity index (χ2v) is 20.9. The molecule has 0 amide bonds. The predicted octanol–water partition coefficient (Wildman–Crippen LogP) is 5.14. The standard InChI is InChI=1S/C20H42O4Si2/c1-19(2,3)25(7,8)23-16-12-17(24-26(9,10)20(4,5)6)15-13-22-18(21)11-14(15)16/h14-18,21H,11-13H2,1-10H3/t14-,15+,16-,17+,18?/m1/s1. The van der Waals surface area contributed by atoms with E-state index < -0.39 is 22.9 Å². The summed E-state index contributed by atoms with van der Waals surface area (Å²) >= 11 is 0. The Balaban J connectivity index is 2.20. The fourth-order valence-corrected chi connectivity index (χ4v) is 6.35. The second kappa shape index (κ2) is 7.27. The van der Waals surface area contributed by atoms with Gasteiger partial charge in [-0.2, -0.15) is 0 Å². The molecule has 1 N–H and O–H groups in total. The minimum atomic E-state index is -1.86. The van der Waals surface area contributed by atoms with Gasteiger partial charge in [-0.05, 0) is 48.6 Å². The summed E-state index contributed by atoms with van der Waals surface area (Å²) in [6.45, 7) is 23.6. The molecular formula is C20H42O4Si2. The third-order valence-electron chi connectivity index (χ3n) is 7.43. The fraction of sp³-hybridized carbons (Fsp3) is 1.00. The Morgan fingerprint density at radius 1 is 0.769 bits per heavy atom. The Labute approximate surface area is 163 Å². The van der Waals surface area contributed by atoms with Gasteiger partial charge >= 0.3 is 0 Å². The first kappa shape index (κ1) is 22.6. The van der Waals surface area contributed by atoms with Gasteiger partial charge < -0.3 is 18.7 Å². The van der Waals surface area contributed by atoms with Crippen LogP contribution in [0.3, 0.4) is 0 Å². The monoisotopic (exact) mass is 402 g/mol. The topological polar surface area (TPSA) is 47.9 Å². The van der Waals surface area contributed by atoms with Crippen molar-refractivity contribution in [3.05, 3.63) is 0 Å². The number of fused-ring (bicyclic) bond motifs is 1. The Kier molecular flexibility index (Phi) is 6.30. The Morgan fingerprint density at radius 3 is 1.62 bits per heavy atom. The van der Waals surface area contributed by atoms with Crippen molar-refractivity contribution in [1.82, 2.24) is 0 Å². The molecule has 1 heterocycles. The Hall–Kier alpha value is 0.274. The van der Waals surface area contributed by atoms with Crippen LogP contribution in [0, 0.1) is 11.8 Å². The van der Waals surface area contributed by atoms with Gasteiger partial charge in [-0.3, -0.25) is 0 Å². The molecule has 6 heteroatoms. The van der Waals surface area contributed by atoms with E-state index in [0.717, 1.165) is 6.42 Å². The highest BCUT2D eigenvalue weighted by Gasteiger charge is 2.53. The number of hydrogen-bond acceptors (Lipinski definition) is 4. The van der Waals surface area contributed by atoms with Crippen LogP contribution in [0.15, 0.2) is 0 Å². The van der Waals surface area contributed by atoms with Gasteiger partial charge in [-0.15, -0.1) is 0 Å². The maximum atomic E-state index is 10.1. The average Bonchev–Trinajstić information content (AvgIpc) is 2.72. The van der Waals surface area contributed by atoms with E-state index in [0.29, 0.717) is 24.9 Å². The smallest absolute Gasteiger partial charge is 0.192 e. The van der Waals surface area contributed by atoms with E-state index in [2.05, 4.69) is 67.7 Å². The van der Waals surface area contributed by atoms with Crippen molar-refractivity contribution < 1.29 is 18.7 Å². The van der Waals surface area contributed by atoms with Crippen molar-refractivity contribution >= 4 is 16.6 Å². The third kappa shape index (κ3) is 4.63. The van der Waals surface area contributed by atoms with Crippen LogP contribution >= 0.6 is 0 Å². The third-order valence-corrected chi connectivity index (χ3v) is 16.4. The molecule has 1 unspecified atom stereocenters. The first-order valence-corrected chi connectivity index (χ1v) is 16.0. The normalized spacial score (nSPS) is 34.0. The Bertz CT molecular complexity index is 493. The van der Waals surface area contributed by atoms with Crippen molar-refractivity contribution in [2.24, 2.45) is 11.8 Å². The Morgan fingerprint density at radius 2 is 1.19 bits per heavy atom. The van der Waals surface area contributed by atoms with E-state index in [1.807, 2.05) is 0 Å². The minimum absolute atomic E-state index is 0.175. The van der Waals surface area contributed by atoms with E-state index in [1.165, 1.54) is 0 Å². The molecular weight excluding hydrogens is 360 g/mol. The van der Waals surface area contributed by atoms with E-state index in [4.69, 9.17) is 13.6 Å². The molecule has 2 rings (SSSR count). The summed E-state index contributed by atoms with van der Waals surface area (Å²) in [6.07, 6.45) is 1.30. The molecule has 4 nitrogen and oxygen atoms in total. The molecule has 1 saturated carbocycles. The highest BCUT2D eigenvalue weighted by molar-refractivity contribution is 6.74. The summed E-state index contributed by atoms with van der Waals surface area (Å²) in [5.74, 6) is 0.671. The second-order valence-electron chi connectivity index (χ2n) is 11.4. The van der Waals surface area contributed by atoms with Gasteiger partial charge in [0.25, 0.3) is 0 Å². The average molecular weight is 403 g/mol. The zero-order valence-corrected chi connectivity index (χ0v) is 20.7. The van der Waals surface area contributed by atoms with Gasteiger partial charge in [-0.1, -0.05) is 41.5 Å². The SMILES string of the molecule is CC(C)(C)[Si](C)(C)O[C@H]1C[C@@H](O[Si](C)(C)C(C)(C)C)[C@@H]2CC(O)OC[C@@H]21. The van der Waals surface area contributed by atoms with Crippen molar-refractivity contribution in [3.63, 3.8) is 0 Å². The van der Waals surface area contributed by atoms with Crippen LogP contribution in [0.2, 0.25) is 36.3 Å². The van der Waals surface area contributed by atoms with Crippen LogP contribution in [0.5, 0.6) is 0 Å². The number of hydrogen-bond donors (Lipinski definition) is 1. The highest BCUT2D eigenvalue weighted by atomic mass is 28.4. The summed E-state index contributed by atoms with van der Waals surface area (Å²) in [5.41, 5.74) is 0. The molecule has 0 aromatic carbocycles. The van der Waals surface area contributed by atoms with Crippen molar-refractivity contribution in [2.45, 2.75) is 109 Å². The zero-order valence-electron chi connectivity index (χ0n) is 18.7. The van der Waals surface area contributed by atoms with Gasteiger partial charge in [0, 0.05) is 12.3 Å². The maximum Gasteiger partial charge on any atom is 0.192 e. The molecule has 0 spiro atoms. The summed E-state index contributed by atoms with van der Waals surface area (Å²) in [4.78, 5) is 0. The first-order valence-electron chi connectivity index (χ1n) is 10.2. The lowest BCUT2D eigenvalue weighted by molar-refractivity contribution is -0.168. The van der Waals surface area contributed by atoms with Crippen LogP contribution < -0.4 is 0 Å². The molecule has 26 heavy (non-hydrogen) atoms. The molecule has 154 valence electrons.